The molecule has 5 nitrogen and oxygen atoms in total. The van der Waals surface area contributed by atoms with Gasteiger partial charge >= 0.3 is 5.97 Å². The molecule has 0 saturated heterocycles. The Labute approximate surface area is 130 Å². The number of carboxylic acid groups (broad SMARTS) is 1. The molecule has 0 fully saturated rings. The van der Waals surface area contributed by atoms with Crippen molar-refractivity contribution in [3.05, 3.63) is 51.5 Å². The molecule has 0 unspecified atom stereocenters. The van der Waals surface area contributed by atoms with Gasteiger partial charge in [-0.05, 0) is 42.8 Å². The van der Waals surface area contributed by atoms with E-state index >= 15 is 0 Å². The quantitative estimate of drug-likeness (QED) is 0.768. The number of aromatic hydroxyl groups is 1. The SMILES string of the molecule is Cc1cc(N=Nc2ccc(Cl)c(Cl)c2)cc(C(=O)O)c1O. The van der Waals surface area contributed by atoms with E-state index in [1.54, 1.807) is 25.1 Å². The number of halogens is 2. The number of hydrogen-bond acceptors (Lipinski definition) is 4. The van der Waals surface area contributed by atoms with Crippen LogP contribution in [0.1, 0.15) is 15.9 Å². The van der Waals surface area contributed by atoms with Crippen LogP contribution < -0.4 is 0 Å². The molecule has 2 aromatic rings. The van der Waals surface area contributed by atoms with Crippen LogP contribution in [0.15, 0.2) is 40.6 Å². The summed E-state index contributed by atoms with van der Waals surface area (Å²) < 4.78 is 0. The van der Waals surface area contributed by atoms with E-state index in [2.05, 4.69) is 10.2 Å². The summed E-state index contributed by atoms with van der Waals surface area (Å²) in [4.78, 5) is 11.0. The third-order valence-corrected chi connectivity index (χ3v) is 3.44. The number of benzene rings is 2. The molecular formula is C14H10Cl2N2O3. The van der Waals surface area contributed by atoms with Gasteiger partial charge in [0.1, 0.15) is 11.3 Å². The average Bonchev–Trinajstić information content (AvgIpc) is 2.43. The van der Waals surface area contributed by atoms with Crippen LogP contribution >= 0.6 is 23.2 Å². The normalized spacial score (nSPS) is 11.0. The minimum Gasteiger partial charge on any atom is -0.507 e. The molecule has 0 aliphatic heterocycles. The van der Waals surface area contributed by atoms with Crippen molar-refractivity contribution in [3.8, 4) is 5.75 Å². The molecule has 0 bridgehead atoms. The highest BCUT2D eigenvalue weighted by molar-refractivity contribution is 6.42. The van der Waals surface area contributed by atoms with Crippen LogP contribution in [0.4, 0.5) is 11.4 Å². The van der Waals surface area contributed by atoms with Crippen molar-refractivity contribution in [2.24, 2.45) is 10.2 Å². The summed E-state index contributed by atoms with van der Waals surface area (Å²) in [6, 6.07) is 7.53. The lowest BCUT2D eigenvalue weighted by atomic mass is 10.1. The van der Waals surface area contributed by atoms with E-state index < -0.39 is 5.97 Å². The summed E-state index contributed by atoms with van der Waals surface area (Å²) in [6.07, 6.45) is 0. The number of rotatable bonds is 3. The number of aromatic carboxylic acids is 1. The van der Waals surface area contributed by atoms with Gasteiger partial charge in [-0.3, -0.25) is 0 Å². The van der Waals surface area contributed by atoms with E-state index in [9.17, 15) is 9.90 Å². The first-order valence-corrected chi connectivity index (χ1v) is 6.58. The first-order valence-electron chi connectivity index (χ1n) is 5.82. The van der Waals surface area contributed by atoms with Crippen LogP contribution in [0.25, 0.3) is 0 Å². The highest BCUT2D eigenvalue weighted by atomic mass is 35.5. The molecule has 0 amide bonds. The van der Waals surface area contributed by atoms with Gasteiger partial charge in [0.15, 0.2) is 0 Å². The number of phenols is 1. The average molecular weight is 325 g/mol. The molecule has 2 rings (SSSR count). The highest BCUT2D eigenvalue weighted by Crippen LogP contribution is 2.30. The van der Waals surface area contributed by atoms with Gasteiger partial charge in [-0.15, -0.1) is 0 Å². The van der Waals surface area contributed by atoms with Gasteiger partial charge in [-0.25, -0.2) is 4.79 Å². The summed E-state index contributed by atoms with van der Waals surface area (Å²) in [6.45, 7) is 1.58. The molecule has 0 saturated carbocycles. The number of nitrogens with zero attached hydrogens (tertiary/aromatic N) is 2. The molecule has 108 valence electrons. The molecule has 0 aromatic heterocycles. The zero-order chi connectivity index (χ0) is 15.6. The van der Waals surface area contributed by atoms with Crippen molar-refractivity contribution in [1.29, 1.82) is 0 Å². The van der Waals surface area contributed by atoms with E-state index in [-0.39, 0.29) is 11.3 Å². The minimum absolute atomic E-state index is 0.224. The Morgan fingerprint density at radius 2 is 1.71 bits per heavy atom. The molecule has 0 atom stereocenters. The second-order valence-corrected chi connectivity index (χ2v) is 5.08. The van der Waals surface area contributed by atoms with Crippen LogP contribution in [-0.4, -0.2) is 16.2 Å². The van der Waals surface area contributed by atoms with Crippen LogP contribution in [-0.2, 0) is 0 Å². The molecule has 0 aliphatic rings. The highest BCUT2D eigenvalue weighted by Gasteiger charge is 2.13. The van der Waals surface area contributed by atoms with Gasteiger partial charge in [0.05, 0.1) is 21.4 Å². The largest absolute Gasteiger partial charge is 0.507 e. The van der Waals surface area contributed by atoms with Crippen LogP contribution in [0.2, 0.25) is 10.0 Å². The smallest absolute Gasteiger partial charge is 0.339 e. The Bertz CT molecular complexity index is 745. The van der Waals surface area contributed by atoms with Gasteiger partial charge in [-0.2, -0.15) is 10.2 Å². The van der Waals surface area contributed by atoms with Crippen molar-refractivity contribution in [3.63, 3.8) is 0 Å². The van der Waals surface area contributed by atoms with Gasteiger partial charge in [0, 0.05) is 0 Å². The number of hydrogen-bond donors (Lipinski definition) is 2. The molecule has 0 heterocycles. The van der Waals surface area contributed by atoms with E-state index in [4.69, 9.17) is 28.3 Å². The van der Waals surface area contributed by atoms with Crippen molar-refractivity contribution in [1.82, 2.24) is 0 Å². The molecular weight excluding hydrogens is 315 g/mol. The Morgan fingerprint density at radius 1 is 1.05 bits per heavy atom. The fraction of sp³-hybridized carbons (Fsp3) is 0.0714. The second-order valence-electron chi connectivity index (χ2n) is 4.26. The lowest BCUT2D eigenvalue weighted by Gasteiger charge is -2.04. The predicted octanol–water partition coefficient (Wildman–Crippen LogP) is 5.12. The third kappa shape index (κ3) is 3.51. The molecule has 2 aromatic carbocycles. The fourth-order valence-electron chi connectivity index (χ4n) is 1.64. The molecule has 0 radical (unpaired) electrons. The Balaban J connectivity index is 2.37. The van der Waals surface area contributed by atoms with Crippen molar-refractivity contribution in [2.45, 2.75) is 6.92 Å². The van der Waals surface area contributed by atoms with Crippen LogP contribution in [0.3, 0.4) is 0 Å². The maximum Gasteiger partial charge on any atom is 0.339 e. The van der Waals surface area contributed by atoms with Gasteiger partial charge in [0.25, 0.3) is 0 Å². The summed E-state index contributed by atoms with van der Waals surface area (Å²) in [5, 5.41) is 27.3. The van der Waals surface area contributed by atoms with Gasteiger partial charge < -0.3 is 10.2 Å². The summed E-state index contributed by atoms with van der Waals surface area (Å²) in [5.41, 5.74) is 0.969. The van der Waals surface area contributed by atoms with E-state index in [0.29, 0.717) is 27.0 Å². The Kier molecular flexibility index (Phi) is 4.45. The molecule has 2 N–H and O–H groups in total. The first-order chi connectivity index (χ1) is 9.88. The maximum absolute atomic E-state index is 11.0. The van der Waals surface area contributed by atoms with Crippen molar-refractivity contribution < 1.29 is 15.0 Å². The number of aryl methyl sites for hydroxylation is 1. The second kappa shape index (κ2) is 6.11. The van der Waals surface area contributed by atoms with Crippen LogP contribution in [0.5, 0.6) is 5.75 Å². The maximum atomic E-state index is 11.0. The Hall–Kier alpha value is -2.11. The van der Waals surface area contributed by atoms with E-state index in [0.717, 1.165) is 0 Å². The lowest BCUT2D eigenvalue weighted by Crippen LogP contribution is -1.97. The van der Waals surface area contributed by atoms with Crippen LogP contribution in [0, 0.1) is 6.92 Å². The van der Waals surface area contributed by atoms with Gasteiger partial charge in [-0.1, -0.05) is 23.2 Å². The van der Waals surface area contributed by atoms with Crippen molar-refractivity contribution in [2.75, 3.05) is 0 Å². The minimum atomic E-state index is -1.23. The van der Waals surface area contributed by atoms with E-state index in [1.807, 2.05) is 0 Å². The summed E-state index contributed by atoms with van der Waals surface area (Å²) in [5.74, 6) is -1.52. The third-order valence-electron chi connectivity index (χ3n) is 2.70. The molecule has 7 heteroatoms. The molecule has 0 spiro atoms. The standard InChI is InChI=1S/C14H10Cl2N2O3/c1-7-4-9(5-10(13(7)19)14(20)21)18-17-8-2-3-11(15)12(16)6-8/h2-6,19H,1H3,(H,20,21). The first kappa shape index (κ1) is 15.3. The number of carboxylic acids is 1. The molecule has 0 aliphatic carbocycles. The zero-order valence-electron chi connectivity index (χ0n) is 10.8. The zero-order valence-corrected chi connectivity index (χ0v) is 12.4. The predicted molar refractivity (Wildman–Crippen MR) is 80.4 cm³/mol. The lowest BCUT2D eigenvalue weighted by molar-refractivity contribution is 0.0693. The fourth-order valence-corrected chi connectivity index (χ4v) is 1.94. The number of azo groups is 1. The topological polar surface area (TPSA) is 82.2 Å². The van der Waals surface area contributed by atoms with Crippen molar-refractivity contribution >= 4 is 40.5 Å². The summed E-state index contributed by atoms with van der Waals surface area (Å²) in [7, 11) is 0. The Morgan fingerprint density at radius 3 is 2.33 bits per heavy atom. The summed E-state index contributed by atoms with van der Waals surface area (Å²) >= 11 is 11.7. The monoisotopic (exact) mass is 324 g/mol. The van der Waals surface area contributed by atoms with E-state index in [1.165, 1.54) is 12.1 Å². The molecule has 21 heavy (non-hydrogen) atoms. The van der Waals surface area contributed by atoms with Gasteiger partial charge in [0.2, 0.25) is 0 Å². The number of carbonyl (C=O) groups is 1.